The van der Waals surface area contributed by atoms with Crippen LogP contribution in [0.2, 0.25) is 0 Å². The van der Waals surface area contributed by atoms with E-state index in [2.05, 4.69) is 18.8 Å². The summed E-state index contributed by atoms with van der Waals surface area (Å²) in [6.07, 6.45) is 15.9. The minimum atomic E-state index is -0.650. The van der Waals surface area contributed by atoms with Crippen molar-refractivity contribution in [2.45, 2.75) is 97.3 Å². The second kappa shape index (κ2) is 12.5. The molecule has 1 saturated carbocycles. The van der Waals surface area contributed by atoms with Gasteiger partial charge in [0.2, 0.25) is 0 Å². The SMILES string of the molecule is CCCC#CCCC[C@H]1CCC[C@@H]1CCCCCC(C)C(=O)O. The average Bonchev–Trinajstić information content (AvgIpc) is 2.97. The molecule has 0 aromatic rings. The molecule has 1 rings (SSSR count). The maximum Gasteiger partial charge on any atom is 0.306 e. The van der Waals surface area contributed by atoms with Crippen LogP contribution >= 0.6 is 0 Å². The molecule has 0 aliphatic heterocycles. The Balaban J connectivity index is 2.09. The quantitative estimate of drug-likeness (QED) is 0.372. The Morgan fingerprint density at radius 2 is 1.70 bits per heavy atom. The maximum absolute atomic E-state index is 10.8. The van der Waals surface area contributed by atoms with Gasteiger partial charge >= 0.3 is 5.97 Å². The summed E-state index contributed by atoms with van der Waals surface area (Å²) in [5, 5.41) is 8.89. The summed E-state index contributed by atoms with van der Waals surface area (Å²) in [6, 6.07) is 0. The Morgan fingerprint density at radius 1 is 1.04 bits per heavy atom. The Hall–Kier alpha value is -0.970. The van der Waals surface area contributed by atoms with Crippen molar-refractivity contribution in [3.8, 4) is 11.8 Å². The molecule has 0 aromatic carbocycles. The van der Waals surface area contributed by atoms with Gasteiger partial charge in [-0.25, -0.2) is 0 Å². The summed E-state index contributed by atoms with van der Waals surface area (Å²) in [7, 11) is 0. The highest BCUT2D eigenvalue weighted by Crippen LogP contribution is 2.38. The first-order valence-corrected chi connectivity index (χ1v) is 9.83. The van der Waals surface area contributed by atoms with Crippen molar-refractivity contribution in [3.05, 3.63) is 0 Å². The fourth-order valence-corrected chi connectivity index (χ4v) is 3.79. The molecule has 1 unspecified atom stereocenters. The van der Waals surface area contributed by atoms with Gasteiger partial charge in [-0.3, -0.25) is 4.79 Å². The maximum atomic E-state index is 10.8. The fraction of sp³-hybridized carbons (Fsp3) is 0.857. The van der Waals surface area contributed by atoms with Crippen molar-refractivity contribution in [1.82, 2.24) is 0 Å². The van der Waals surface area contributed by atoms with Gasteiger partial charge in [-0.2, -0.15) is 0 Å². The van der Waals surface area contributed by atoms with Gasteiger partial charge in [-0.15, -0.1) is 11.8 Å². The fourth-order valence-electron chi connectivity index (χ4n) is 3.79. The molecule has 1 aliphatic carbocycles. The summed E-state index contributed by atoms with van der Waals surface area (Å²) in [5.41, 5.74) is 0. The zero-order chi connectivity index (χ0) is 16.9. The third-order valence-corrected chi connectivity index (χ3v) is 5.33. The predicted octanol–water partition coefficient (Wildman–Crippen LogP) is 6.05. The highest BCUT2D eigenvalue weighted by Gasteiger charge is 2.25. The molecule has 0 saturated heterocycles. The van der Waals surface area contributed by atoms with Gasteiger partial charge in [0.25, 0.3) is 0 Å². The molecule has 0 bridgehead atoms. The third kappa shape index (κ3) is 9.04. The molecule has 0 amide bonds. The van der Waals surface area contributed by atoms with Crippen LogP contribution < -0.4 is 0 Å². The van der Waals surface area contributed by atoms with Crippen molar-refractivity contribution >= 4 is 5.97 Å². The minimum Gasteiger partial charge on any atom is -0.481 e. The lowest BCUT2D eigenvalue weighted by molar-refractivity contribution is -0.141. The number of carboxylic acids is 1. The minimum absolute atomic E-state index is 0.178. The van der Waals surface area contributed by atoms with Crippen molar-refractivity contribution in [2.24, 2.45) is 17.8 Å². The normalized spacial score (nSPS) is 21.7. The van der Waals surface area contributed by atoms with Gasteiger partial charge in [0, 0.05) is 12.8 Å². The van der Waals surface area contributed by atoms with Crippen LogP contribution in [0, 0.1) is 29.6 Å². The molecule has 0 heterocycles. The Labute approximate surface area is 143 Å². The molecule has 1 N–H and O–H groups in total. The van der Waals surface area contributed by atoms with Gasteiger partial charge in [0.1, 0.15) is 0 Å². The number of hydrogen-bond acceptors (Lipinski definition) is 1. The van der Waals surface area contributed by atoms with E-state index in [4.69, 9.17) is 5.11 Å². The first kappa shape index (κ1) is 20.1. The lowest BCUT2D eigenvalue weighted by Crippen LogP contribution is -2.09. The van der Waals surface area contributed by atoms with Crippen LogP contribution in [0.3, 0.4) is 0 Å². The number of aliphatic carboxylic acids is 1. The number of carboxylic acid groups (broad SMARTS) is 1. The molecule has 0 aromatic heterocycles. The van der Waals surface area contributed by atoms with Crippen LogP contribution in [0.25, 0.3) is 0 Å². The third-order valence-electron chi connectivity index (χ3n) is 5.33. The van der Waals surface area contributed by atoms with E-state index in [9.17, 15) is 4.79 Å². The summed E-state index contributed by atoms with van der Waals surface area (Å²) >= 11 is 0. The zero-order valence-corrected chi connectivity index (χ0v) is 15.3. The number of hydrogen-bond donors (Lipinski definition) is 1. The summed E-state index contributed by atoms with van der Waals surface area (Å²) in [5.74, 6) is 7.58. The van der Waals surface area contributed by atoms with Crippen LogP contribution in [0.15, 0.2) is 0 Å². The van der Waals surface area contributed by atoms with Crippen molar-refractivity contribution in [3.63, 3.8) is 0 Å². The van der Waals surface area contributed by atoms with Crippen LogP contribution in [0.5, 0.6) is 0 Å². The standard InChI is InChI=1S/C21H36O2/c1-3-4-5-6-7-10-14-19-16-12-17-20(19)15-11-8-9-13-18(2)21(22)23/h18-20H,3-4,7-17H2,1-2H3,(H,22,23)/t18?,19-,20-/m0/s1. The molecule has 2 nitrogen and oxygen atoms in total. The van der Waals surface area contributed by atoms with Crippen molar-refractivity contribution in [2.75, 3.05) is 0 Å². The molecular weight excluding hydrogens is 284 g/mol. The van der Waals surface area contributed by atoms with E-state index in [-0.39, 0.29) is 5.92 Å². The Bertz CT molecular complexity index is 377. The molecule has 132 valence electrons. The average molecular weight is 321 g/mol. The Morgan fingerprint density at radius 3 is 2.35 bits per heavy atom. The van der Waals surface area contributed by atoms with Crippen molar-refractivity contribution < 1.29 is 9.90 Å². The highest BCUT2D eigenvalue weighted by molar-refractivity contribution is 5.69. The van der Waals surface area contributed by atoms with E-state index in [1.807, 2.05) is 6.92 Å². The highest BCUT2D eigenvalue weighted by atomic mass is 16.4. The van der Waals surface area contributed by atoms with E-state index >= 15 is 0 Å². The topological polar surface area (TPSA) is 37.3 Å². The summed E-state index contributed by atoms with van der Waals surface area (Å²) in [6.45, 7) is 4.00. The van der Waals surface area contributed by atoms with Crippen LogP contribution in [0.1, 0.15) is 97.3 Å². The van der Waals surface area contributed by atoms with Gasteiger partial charge in [-0.1, -0.05) is 58.8 Å². The molecule has 3 atom stereocenters. The number of carbonyl (C=O) groups is 1. The molecule has 23 heavy (non-hydrogen) atoms. The lowest BCUT2D eigenvalue weighted by Gasteiger charge is -2.19. The summed E-state index contributed by atoms with van der Waals surface area (Å²) in [4.78, 5) is 10.8. The van der Waals surface area contributed by atoms with E-state index in [0.717, 1.165) is 37.5 Å². The second-order valence-electron chi connectivity index (χ2n) is 7.32. The molecule has 1 fully saturated rings. The van der Waals surface area contributed by atoms with Gasteiger partial charge in [-0.05, 0) is 37.5 Å². The Kier molecular flexibility index (Phi) is 10.9. The predicted molar refractivity (Wildman–Crippen MR) is 97.3 cm³/mol. The zero-order valence-electron chi connectivity index (χ0n) is 15.3. The van der Waals surface area contributed by atoms with Crippen LogP contribution in [0.4, 0.5) is 0 Å². The van der Waals surface area contributed by atoms with E-state index < -0.39 is 5.97 Å². The molecule has 2 heteroatoms. The van der Waals surface area contributed by atoms with Gasteiger partial charge < -0.3 is 5.11 Å². The van der Waals surface area contributed by atoms with Crippen LogP contribution in [-0.2, 0) is 4.79 Å². The summed E-state index contributed by atoms with van der Waals surface area (Å²) < 4.78 is 0. The largest absolute Gasteiger partial charge is 0.481 e. The van der Waals surface area contributed by atoms with Gasteiger partial charge in [0.15, 0.2) is 0 Å². The molecule has 1 aliphatic rings. The van der Waals surface area contributed by atoms with E-state index in [1.165, 1.54) is 57.8 Å². The molecule has 0 spiro atoms. The van der Waals surface area contributed by atoms with E-state index in [1.54, 1.807) is 0 Å². The monoisotopic (exact) mass is 320 g/mol. The smallest absolute Gasteiger partial charge is 0.306 e. The first-order chi connectivity index (χ1) is 11.1. The molecular formula is C21H36O2. The van der Waals surface area contributed by atoms with E-state index in [0.29, 0.717) is 0 Å². The second-order valence-corrected chi connectivity index (χ2v) is 7.32. The number of rotatable bonds is 11. The molecule has 0 radical (unpaired) electrons. The van der Waals surface area contributed by atoms with Crippen LogP contribution in [-0.4, -0.2) is 11.1 Å². The van der Waals surface area contributed by atoms with Crippen molar-refractivity contribution in [1.29, 1.82) is 0 Å². The first-order valence-electron chi connectivity index (χ1n) is 9.83. The lowest BCUT2D eigenvalue weighted by atomic mass is 9.87. The number of unbranched alkanes of at least 4 members (excludes halogenated alkanes) is 4. The van der Waals surface area contributed by atoms with Gasteiger partial charge in [0.05, 0.1) is 5.92 Å².